The fourth-order valence-corrected chi connectivity index (χ4v) is 2.38. The van der Waals surface area contributed by atoms with Gasteiger partial charge >= 0.3 is 12.1 Å². The summed E-state index contributed by atoms with van der Waals surface area (Å²) < 4.78 is 43.2. The van der Waals surface area contributed by atoms with Crippen molar-refractivity contribution in [2.24, 2.45) is 4.99 Å². The number of hydrogen-bond donors (Lipinski definition) is 1. The van der Waals surface area contributed by atoms with Crippen molar-refractivity contribution in [3.63, 3.8) is 0 Å². The highest BCUT2D eigenvalue weighted by Gasteiger charge is 2.32. The van der Waals surface area contributed by atoms with Gasteiger partial charge in [-0.1, -0.05) is 12.1 Å². The summed E-state index contributed by atoms with van der Waals surface area (Å²) in [5.41, 5.74) is 0.956. The number of alkyl halides is 3. The smallest absolute Gasteiger partial charge is 0.416 e. The first-order chi connectivity index (χ1) is 12.6. The van der Waals surface area contributed by atoms with Crippen LogP contribution in [0.25, 0.3) is 0 Å². The maximum Gasteiger partial charge on any atom is 0.416 e. The SMILES string of the molecule is CC(=O)[O-].COC(=O)c1cccc2c1N=C(c1cccc(C(F)(F)F)c1)[NH2+]2. The number of methoxy groups -OCH3 is 1. The minimum absolute atomic E-state index is 0.281. The van der Waals surface area contributed by atoms with E-state index in [1.807, 2.05) is 0 Å². The molecule has 3 rings (SSSR count). The van der Waals surface area contributed by atoms with Gasteiger partial charge in [-0.05, 0) is 31.2 Å². The molecule has 0 amide bonds. The van der Waals surface area contributed by atoms with Gasteiger partial charge in [0.25, 0.3) is 0 Å². The van der Waals surface area contributed by atoms with E-state index in [0.717, 1.165) is 19.1 Å². The van der Waals surface area contributed by atoms with Gasteiger partial charge in [0.1, 0.15) is 5.69 Å². The number of ether oxygens (including phenoxy) is 1. The summed E-state index contributed by atoms with van der Waals surface area (Å²) in [6.07, 6.45) is -4.42. The molecule has 1 aliphatic heterocycles. The Morgan fingerprint density at radius 1 is 1.15 bits per heavy atom. The summed E-state index contributed by atoms with van der Waals surface area (Å²) in [7, 11) is 1.26. The summed E-state index contributed by atoms with van der Waals surface area (Å²) in [5.74, 6) is -1.24. The fraction of sp³-hybridized carbons (Fsp3) is 0.167. The van der Waals surface area contributed by atoms with Crippen molar-refractivity contribution < 1.29 is 37.9 Å². The number of carbonyl (C=O) groups is 2. The summed E-state index contributed by atoms with van der Waals surface area (Å²) >= 11 is 0. The van der Waals surface area contributed by atoms with Gasteiger partial charge in [-0.3, -0.25) is 5.32 Å². The number of rotatable bonds is 2. The van der Waals surface area contributed by atoms with Crippen LogP contribution in [0, 0.1) is 0 Å². The van der Waals surface area contributed by atoms with Crippen LogP contribution < -0.4 is 10.4 Å². The number of quaternary nitrogens is 1. The Kier molecular flexibility index (Phi) is 5.96. The van der Waals surface area contributed by atoms with E-state index in [4.69, 9.17) is 14.6 Å². The number of nitrogens with two attached hydrogens (primary N) is 1. The van der Waals surface area contributed by atoms with Crippen molar-refractivity contribution in [1.29, 1.82) is 0 Å². The van der Waals surface area contributed by atoms with E-state index in [0.29, 0.717) is 22.8 Å². The highest BCUT2D eigenvalue weighted by molar-refractivity contribution is 6.04. The van der Waals surface area contributed by atoms with Gasteiger partial charge in [-0.15, -0.1) is 0 Å². The lowest BCUT2D eigenvalue weighted by Crippen LogP contribution is -2.80. The van der Waals surface area contributed by atoms with Crippen LogP contribution in [0.5, 0.6) is 0 Å². The van der Waals surface area contributed by atoms with Crippen LogP contribution in [0.2, 0.25) is 0 Å². The van der Waals surface area contributed by atoms with E-state index in [9.17, 15) is 18.0 Å². The number of para-hydroxylation sites is 1. The minimum Gasteiger partial charge on any atom is -0.550 e. The number of hydrogen-bond acceptors (Lipinski definition) is 5. The molecule has 142 valence electrons. The molecule has 2 aromatic rings. The van der Waals surface area contributed by atoms with E-state index >= 15 is 0 Å². The molecule has 0 saturated heterocycles. The zero-order valence-electron chi connectivity index (χ0n) is 14.3. The van der Waals surface area contributed by atoms with Gasteiger partial charge in [0.05, 0.1) is 23.8 Å². The van der Waals surface area contributed by atoms with Crippen LogP contribution in [0.4, 0.5) is 24.5 Å². The molecule has 0 unspecified atom stereocenters. The van der Waals surface area contributed by atoms with Crippen LogP contribution in [-0.4, -0.2) is 24.9 Å². The molecular weight excluding hydrogens is 365 g/mol. The number of esters is 1. The van der Waals surface area contributed by atoms with Gasteiger partial charge < -0.3 is 14.6 Å². The zero-order chi connectivity index (χ0) is 20.2. The van der Waals surface area contributed by atoms with Crippen LogP contribution in [0.3, 0.4) is 0 Å². The lowest BCUT2D eigenvalue weighted by molar-refractivity contribution is -0.437. The standard InChI is InChI=1S/C16H11F3N2O2.C2H4O2/c1-23-15(22)11-6-3-7-12-13(11)21-14(20-12)9-4-2-5-10(8-9)16(17,18)19;1-2(3)4/h2-8H,1H3,(H,20,21);1H3,(H,3,4). The molecule has 1 aliphatic rings. The van der Waals surface area contributed by atoms with E-state index in [2.05, 4.69) is 4.99 Å². The molecule has 1 heterocycles. The molecule has 0 saturated carbocycles. The molecule has 0 spiro atoms. The molecule has 2 aromatic carbocycles. The highest BCUT2D eigenvalue weighted by atomic mass is 19.4. The predicted molar refractivity (Wildman–Crippen MR) is 87.7 cm³/mol. The lowest BCUT2D eigenvalue weighted by atomic mass is 10.1. The van der Waals surface area contributed by atoms with Gasteiger partial charge in [0.15, 0.2) is 5.69 Å². The Morgan fingerprint density at radius 3 is 2.37 bits per heavy atom. The number of benzene rings is 2. The lowest BCUT2D eigenvalue weighted by Gasteiger charge is -2.07. The Labute approximate surface area is 152 Å². The summed E-state index contributed by atoms with van der Waals surface area (Å²) in [6.45, 7) is 0.972. The monoisotopic (exact) mass is 380 g/mol. The van der Waals surface area contributed by atoms with Crippen molar-refractivity contribution in [2.75, 3.05) is 7.11 Å². The largest absolute Gasteiger partial charge is 0.550 e. The molecule has 0 aromatic heterocycles. The molecule has 9 heteroatoms. The fourth-order valence-electron chi connectivity index (χ4n) is 2.38. The number of amidine groups is 1. The van der Waals surface area contributed by atoms with Crippen LogP contribution in [0.15, 0.2) is 47.5 Å². The summed E-state index contributed by atoms with van der Waals surface area (Å²) in [4.78, 5) is 24.9. The Bertz CT molecular complexity index is 904. The third-order valence-electron chi connectivity index (χ3n) is 3.48. The average Bonchev–Trinajstić information content (AvgIpc) is 3.04. The summed E-state index contributed by atoms with van der Waals surface area (Å²) in [5, 5.41) is 10.5. The average molecular weight is 380 g/mol. The van der Waals surface area contributed by atoms with E-state index in [1.165, 1.54) is 13.2 Å². The second-order valence-electron chi connectivity index (χ2n) is 5.45. The number of nitrogens with zero attached hydrogens (tertiary/aromatic N) is 1. The highest BCUT2D eigenvalue weighted by Crippen LogP contribution is 2.32. The number of carboxylic acid groups (broad SMARTS) is 1. The Hall–Kier alpha value is -3.20. The number of halogens is 3. The maximum absolute atomic E-state index is 12.8. The third-order valence-corrected chi connectivity index (χ3v) is 3.48. The van der Waals surface area contributed by atoms with Crippen LogP contribution in [0.1, 0.15) is 28.4 Å². The number of carbonyl (C=O) groups excluding carboxylic acids is 2. The number of aliphatic carboxylic acids is 1. The minimum atomic E-state index is -4.42. The first-order valence-corrected chi connectivity index (χ1v) is 7.63. The number of fused-ring (bicyclic) bond motifs is 1. The van der Waals surface area contributed by atoms with Gasteiger partial charge in [0, 0.05) is 12.0 Å². The Balaban J connectivity index is 0.000000596. The zero-order valence-corrected chi connectivity index (χ0v) is 14.3. The third kappa shape index (κ3) is 4.91. The number of carboxylic acids is 1. The normalized spacial score (nSPS) is 12.4. The van der Waals surface area contributed by atoms with Crippen molar-refractivity contribution in [3.8, 4) is 0 Å². The quantitative estimate of drug-likeness (QED) is 0.631. The second-order valence-corrected chi connectivity index (χ2v) is 5.45. The first kappa shape index (κ1) is 20.1. The summed E-state index contributed by atoms with van der Waals surface area (Å²) in [6, 6.07) is 9.91. The van der Waals surface area contributed by atoms with E-state index < -0.39 is 23.7 Å². The van der Waals surface area contributed by atoms with Crippen molar-refractivity contribution >= 4 is 29.1 Å². The second kappa shape index (κ2) is 8.00. The topological polar surface area (TPSA) is 95.4 Å². The molecular formula is C18H15F3N2O4. The molecule has 0 bridgehead atoms. The molecule has 0 aliphatic carbocycles. The molecule has 2 N–H and O–H groups in total. The van der Waals surface area contributed by atoms with Crippen molar-refractivity contribution in [1.82, 2.24) is 0 Å². The van der Waals surface area contributed by atoms with Crippen LogP contribution in [-0.2, 0) is 15.7 Å². The van der Waals surface area contributed by atoms with Crippen molar-refractivity contribution in [3.05, 3.63) is 59.2 Å². The van der Waals surface area contributed by atoms with Crippen molar-refractivity contribution in [2.45, 2.75) is 13.1 Å². The van der Waals surface area contributed by atoms with E-state index in [1.54, 1.807) is 29.6 Å². The molecule has 0 atom stereocenters. The maximum atomic E-state index is 12.8. The van der Waals surface area contributed by atoms with Gasteiger partial charge in [0.2, 0.25) is 5.84 Å². The molecule has 6 nitrogen and oxygen atoms in total. The van der Waals surface area contributed by atoms with Gasteiger partial charge in [-0.25, -0.2) is 4.79 Å². The molecule has 0 fully saturated rings. The van der Waals surface area contributed by atoms with Crippen LogP contribution >= 0.6 is 0 Å². The Morgan fingerprint density at radius 2 is 1.78 bits per heavy atom. The predicted octanol–water partition coefficient (Wildman–Crippen LogP) is 1.53. The molecule has 0 radical (unpaired) electrons. The first-order valence-electron chi connectivity index (χ1n) is 7.63. The number of aliphatic imine (C=N–C) groups is 1. The molecule has 27 heavy (non-hydrogen) atoms. The van der Waals surface area contributed by atoms with E-state index in [-0.39, 0.29) is 5.56 Å². The van der Waals surface area contributed by atoms with Gasteiger partial charge in [-0.2, -0.15) is 18.2 Å².